The zero-order valence-corrected chi connectivity index (χ0v) is 9.23. The molecule has 0 bridgehead atoms. The fourth-order valence-corrected chi connectivity index (χ4v) is 1.45. The Balaban J connectivity index is 2.06. The summed E-state index contributed by atoms with van der Waals surface area (Å²) in [6.45, 7) is 0.803. The zero-order valence-electron chi connectivity index (χ0n) is 9.23. The van der Waals surface area contributed by atoms with E-state index < -0.39 is 0 Å². The molecule has 0 spiro atoms. The third kappa shape index (κ3) is 2.55. The van der Waals surface area contributed by atoms with Gasteiger partial charge in [0, 0.05) is 20.2 Å². The van der Waals surface area contributed by atoms with Crippen LogP contribution in [-0.4, -0.2) is 25.8 Å². The summed E-state index contributed by atoms with van der Waals surface area (Å²) in [4.78, 5) is 1.87. The van der Waals surface area contributed by atoms with Gasteiger partial charge in [-0.15, -0.1) is 0 Å². The Hall–Kier alpha value is -1.38. The molecular weight excluding hydrogens is 190 g/mol. The van der Waals surface area contributed by atoms with Crippen molar-refractivity contribution in [1.82, 2.24) is 0 Å². The van der Waals surface area contributed by atoms with Gasteiger partial charge in [-0.25, -0.2) is 0 Å². The highest BCUT2D eigenvalue weighted by Gasteiger charge is 2.22. The molecule has 1 saturated carbocycles. The van der Waals surface area contributed by atoms with E-state index in [2.05, 4.69) is 0 Å². The lowest BCUT2D eigenvalue weighted by Crippen LogP contribution is -2.09. The number of nitrogens with zero attached hydrogens (tertiary/aromatic N) is 1. The van der Waals surface area contributed by atoms with E-state index in [1.165, 1.54) is 12.8 Å². The standard InChI is InChI=1S/C12H17NO2/c1-13(2)11-7-10(5-6-12(11)14)15-8-9-3-4-9/h5-7,9,14H,3-4,8H2,1-2H3. The van der Waals surface area contributed by atoms with Crippen molar-refractivity contribution in [3.63, 3.8) is 0 Å². The molecule has 1 fully saturated rings. The number of rotatable bonds is 4. The molecule has 82 valence electrons. The third-order valence-electron chi connectivity index (χ3n) is 2.61. The van der Waals surface area contributed by atoms with Crippen molar-refractivity contribution in [1.29, 1.82) is 0 Å². The third-order valence-corrected chi connectivity index (χ3v) is 2.61. The van der Waals surface area contributed by atoms with Gasteiger partial charge in [-0.05, 0) is 30.9 Å². The Bertz CT molecular complexity index is 345. The summed E-state index contributed by atoms with van der Waals surface area (Å²) in [5, 5.41) is 9.60. The van der Waals surface area contributed by atoms with Crippen LogP contribution < -0.4 is 9.64 Å². The normalized spacial score (nSPS) is 15.1. The van der Waals surface area contributed by atoms with E-state index in [9.17, 15) is 5.11 Å². The van der Waals surface area contributed by atoms with E-state index in [-0.39, 0.29) is 0 Å². The van der Waals surface area contributed by atoms with Gasteiger partial charge in [0.15, 0.2) is 0 Å². The van der Waals surface area contributed by atoms with Crippen LogP contribution in [-0.2, 0) is 0 Å². The lowest BCUT2D eigenvalue weighted by atomic mass is 10.2. The molecule has 0 amide bonds. The van der Waals surface area contributed by atoms with Gasteiger partial charge in [0.2, 0.25) is 0 Å². The average Bonchev–Trinajstić information content (AvgIpc) is 3.00. The van der Waals surface area contributed by atoms with Crippen molar-refractivity contribution >= 4 is 5.69 Å². The fraction of sp³-hybridized carbons (Fsp3) is 0.500. The summed E-state index contributed by atoms with van der Waals surface area (Å²) in [5.41, 5.74) is 0.795. The number of ether oxygens (including phenoxy) is 1. The van der Waals surface area contributed by atoms with Gasteiger partial charge < -0.3 is 14.7 Å². The summed E-state index contributed by atoms with van der Waals surface area (Å²) >= 11 is 0. The lowest BCUT2D eigenvalue weighted by molar-refractivity contribution is 0.299. The molecule has 0 radical (unpaired) electrons. The van der Waals surface area contributed by atoms with E-state index in [0.717, 1.165) is 24.0 Å². The number of phenolic OH excluding ortho intramolecular Hbond substituents is 1. The SMILES string of the molecule is CN(C)c1cc(OCC2CC2)ccc1O. The maximum absolute atomic E-state index is 9.60. The molecule has 0 saturated heterocycles. The monoisotopic (exact) mass is 207 g/mol. The van der Waals surface area contributed by atoms with Gasteiger partial charge in [-0.2, -0.15) is 0 Å². The first kappa shape index (κ1) is 10.1. The molecule has 1 aromatic rings. The first-order valence-electron chi connectivity index (χ1n) is 5.30. The van der Waals surface area contributed by atoms with Crippen LogP contribution in [0, 0.1) is 5.92 Å². The van der Waals surface area contributed by atoms with Gasteiger partial charge >= 0.3 is 0 Å². The highest BCUT2D eigenvalue weighted by molar-refractivity contribution is 5.59. The summed E-state index contributed by atoms with van der Waals surface area (Å²) < 4.78 is 5.64. The smallest absolute Gasteiger partial charge is 0.139 e. The molecule has 3 nitrogen and oxygen atoms in total. The maximum Gasteiger partial charge on any atom is 0.139 e. The van der Waals surface area contributed by atoms with Crippen LogP contribution in [0.2, 0.25) is 0 Å². The minimum atomic E-state index is 0.291. The Morgan fingerprint density at radius 2 is 2.13 bits per heavy atom. The molecule has 0 heterocycles. The second-order valence-electron chi connectivity index (χ2n) is 4.30. The van der Waals surface area contributed by atoms with E-state index in [0.29, 0.717) is 5.75 Å². The Labute approximate surface area is 90.3 Å². The molecule has 0 aliphatic heterocycles. The number of hydrogen-bond acceptors (Lipinski definition) is 3. The summed E-state index contributed by atoms with van der Waals surface area (Å²) in [6.07, 6.45) is 2.58. The van der Waals surface area contributed by atoms with Crippen molar-refractivity contribution in [2.24, 2.45) is 5.92 Å². The van der Waals surface area contributed by atoms with Crippen LogP contribution in [0.4, 0.5) is 5.69 Å². The van der Waals surface area contributed by atoms with Crippen LogP contribution in [0.1, 0.15) is 12.8 Å². The number of hydrogen-bond donors (Lipinski definition) is 1. The largest absolute Gasteiger partial charge is 0.506 e. The lowest BCUT2D eigenvalue weighted by Gasteiger charge is -2.15. The molecule has 1 N–H and O–H groups in total. The molecule has 1 aliphatic carbocycles. The molecule has 1 aliphatic rings. The average molecular weight is 207 g/mol. The van der Waals surface area contributed by atoms with E-state index in [1.54, 1.807) is 6.07 Å². The van der Waals surface area contributed by atoms with Crippen LogP contribution >= 0.6 is 0 Å². The second kappa shape index (κ2) is 4.01. The van der Waals surface area contributed by atoms with Crippen molar-refractivity contribution in [3.05, 3.63) is 18.2 Å². The topological polar surface area (TPSA) is 32.7 Å². The van der Waals surface area contributed by atoms with Crippen molar-refractivity contribution in [3.8, 4) is 11.5 Å². The number of phenols is 1. The first-order valence-corrected chi connectivity index (χ1v) is 5.30. The van der Waals surface area contributed by atoms with E-state index >= 15 is 0 Å². The molecule has 15 heavy (non-hydrogen) atoms. The number of benzene rings is 1. The number of anilines is 1. The second-order valence-corrected chi connectivity index (χ2v) is 4.30. The highest BCUT2D eigenvalue weighted by atomic mass is 16.5. The predicted molar refractivity (Wildman–Crippen MR) is 60.7 cm³/mol. The van der Waals surface area contributed by atoms with E-state index in [1.807, 2.05) is 31.1 Å². The Morgan fingerprint density at radius 1 is 1.40 bits per heavy atom. The maximum atomic E-state index is 9.60. The predicted octanol–water partition coefficient (Wildman–Crippen LogP) is 2.25. The van der Waals surface area contributed by atoms with Crippen LogP contribution in [0.3, 0.4) is 0 Å². The Kier molecular flexibility index (Phi) is 2.71. The van der Waals surface area contributed by atoms with Crippen LogP contribution in [0.5, 0.6) is 11.5 Å². The van der Waals surface area contributed by atoms with Gasteiger partial charge in [0.05, 0.1) is 12.3 Å². The molecule has 0 atom stereocenters. The van der Waals surface area contributed by atoms with Gasteiger partial charge in [-0.1, -0.05) is 0 Å². The minimum Gasteiger partial charge on any atom is -0.506 e. The quantitative estimate of drug-likeness (QED) is 0.822. The molecule has 2 rings (SSSR count). The zero-order chi connectivity index (χ0) is 10.8. The molecular formula is C12H17NO2. The molecule has 3 heteroatoms. The van der Waals surface area contributed by atoms with Gasteiger partial charge in [0.1, 0.15) is 11.5 Å². The first-order chi connectivity index (χ1) is 7.16. The summed E-state index contributed by atoms with van der Waals surface area (Å²) in [6, 6.07) is 5.36. The Morgan fingerprint density at radius 3 is 2.73 bits per heavy atom. The van der Waals surface area contributed by atoms with E-state index in [4.69, 9.17) is 4.74 Å². The van der Waals surface area contributed by atoms with Gasteiger partial charge in [0.25, 0.3) is 0 Å². The molecule has 0 aromatic heterocycles. The highest BCUT2D eigenvalue weighted by Crippen LogP contribution is 2.32. The molecule has 0 unspecified atom stereocenters. The van der Waals surface area contributed by atoms with Crippen molar-refractivity contribution < 1.29 is 9.84 Å². The van der Waals surface area contributed by atoms with Crippen LogP contribution in [0.15, 0.2) is 18.2 Å². The van der Waals surface area contributed by atoms with Crippen molar-refractivity contribution in [2.45, 2.75) is 12.8 Å². The van der Waals surface area contributed by atoms with Crippen LogP contribution in [0.25, 0.3) is 0 Å². The summed E-state index contributed by atoms with van der Waals surface area (Å²) in [5.74, 6) is 1.88. The van der Waals surface area contributed by atoms with Gasteiger partial charge in [-0.3, -0.25) is 0 Å². The summed E-state index contributed by atoms with van der Waals surface area (Å²) in [7, 11) is 3.81. The fourth-order valence-electron chi connectivity index (χ4n) is 1.45. The number of aromatic hydroxyl groups is 1. The minimum absolute atomic E-state index is 0.291. The van der Waals surface area contributed by atoms with Crippen molar-refractivity contribution in [2.75, 3.05) is 25.6 Å². The molecule has 1 aromatic carbocycles.